The molecule has 8 heteroatoms. The van der Waals surface area contributed by atoms with Crippen LogP contribution in [0.3, 0.4) is 0 Å². The molecular formula is C15H13F2NO5. The second kappa shape index (κ2) is 5.96. The molecule has 2 heterocycles. The minimum absolute atomic E-state index is 0.0497. The molecule has 3 rings (SSSR count). The van der Waals surface area contributed by atoms with E-state index in [4.69, 9.17) is 4.74 Å². The van der Waals surface area contributed by atoms with Crippen LogP contribution in [0.5, 0.6) is 5.75 Å². The number of aliphatic carboxylic acids is 1. The Morgan fingerprint density at radius 3 is 2.48 bits per heavy atom. The first-order valence-corrected chi connectivity index (χ1v) is 6.88. The number of alkyl halides is 2. The van der Waals surface area contributed by atoms with Crippen molar-refractivity contribution in [2.45, 2.75) is 18.8 Å². The number of carboxylic acids is 1. The molecule has 4 atom stereocenters. The molecule has 1 amide bonds. The second-order valence-electron chi connectivity index (χ2n) is 5.20. The van der Waals surface area contributed by atoms with E-state index >= 15 is 0 Å². The lowest BCUT2D eigenvalue weighted by Gasteiger charge is -2.21. The first-order chi connectivity index (χ1) is 11.0. The molecular weight excluding hydrogens is 312 g/mol. The molecule has 122 valence electrons. The van der Waals surface area contributed by atoms with Crippen molar-refractivity contribution in [3.8, 4) is 5.75 Å². The molecule has 0 spiro atoms. The molecule has 1 saturated heterocycles. The van der Waals surface area contributed by atoms with Crippen LogP contribution in [0.25, 0.3) is 0 Å². The average molecular weight is 325 g/mol. The molecule has 0 radical (unpaired) electrons. The number of para-hydroxylation sites is 2. The molecule has 6 nitrogen and oxygen atoms in total. The number of carbonyl (C=O) groups excluding carboxylic acids is 1. The number of fused-ring (bicyclic) bond motifs is 2. The zero-order valence-electron chi connectivity index (χ0n) is 11.7. The van der Waals surface area contributed by atoms with Crippen LogP contribution in [-0.2, 0) is 14.3 Å². The number of carbonyl (C=O) groups is 2. The summed E-state index contributed by atoms with van der Waals surface area (Å²) in [6.45, 7) is -3.03. The number of hydrogen-bond donors (Lipinski definition) is 2. The molecule has 0 aromatic heterocycles. The van der Waals surface area contributed by atoms with E-state index in [1.807, 2.05) is 0 Å². The number of amides is 1. The molecule has 1 aromatic rings. The Morgan fingerprint density at radius 1 is 1.17 bits per heavy atom. The lowest BCUT2D eigenvalue weighted by molar-refractivity contribution is -0.145. The Balaban J connectivity index is 1.80. The van der Waals surface area contributed by atoms with Crippen LogP contribution in [0.1, 0.15) is 0 Å². The van der Waals surface area contributed by atoms with Gasteiger partial charge in [0.25, 0.3) is 0 Å². The highest BCUT2D eigenvalue weighted by Crippen LogP contribution is 2.40. The first-order valence-electron chi connectivity index (χ1n) is 6.88. The molecule has 2 aliphatic heterocycles. The quantitative estimate of drug-likeness (QED) is 0.808. The van der Waals surface area contributed by atoms with Gasteiger partial charge in [0.05, 0.1) is 23.8 Å². The zero-order valence-corrected chi connectivity index (χ0v) is 11.7. The standard InChI is InChI=1S/C15H13F2NO5/c16-15(17)23-8-4-2-1-3-7(8)18-13(19)11-9-5-6-10(22-9)12(11)14(20)21/h1-6,9-12,15H,(H,18,19)(H,20,21)/t9-,10-,11-,12-/m1/s1. The maximum atomic E-state index is 12.4. The normalized spacial score (nSPS) is 28.1. The fourth-order valence-electron chi connectivity index (χ4n) is 2.90. The van der Waals surface area contributed by atoms with Crippen LogP contribution in [-0.4, -0.2) is 35.8 Å². The Kier molecular flexibility index (Phi) is 3.99. The summed E-state index contributed by atoms with van der Waals surface area (Å²) in [6, 6.07) is 5.71. The number of nitrogens with one attached hydrogen (secondary N) is 1. The van der Waals surface area contributed by atoms with Crippen LogP contribution in [0.15, 0.2) is 36.4 Å². The number of carboxylic acid groups (broad SMARTS) is 1. The van der Waals surface area contributed by atoms with Crippen molar-refractivity contribution in [3.63, 3.8) is 0 Å². The fourth-order valence-corrected chi connectivity index (χ4v) is 2.90. The van der Waals surface area contributed by atoms with Crippen LogP contribution < -0.4 is 10.1 Å². The largest absolute Gasteiger partial charge is 0.481 e. The summed E-state index contributed by atoms with van der Waals surface area (Å²) in [4.78, 5) is 23.8. The third-order valence-electron chi connectivity index (χ3n) is 3.85. The van der Waals surface area contributed by atoms with Gasteiger partial charge in [0, 0.05) is 0 Å². The fraction of sp³-hybridized carbons (Fsp3) is 0.333. The maximum Gasteiger partial charge on any atom is 0.387 e. The van der Waals surface area contributed by atoms with E-state index in [1.165, 1.54) is 18.2 Å². The third kappa shape index (κ3) is 2.89. The van der Waals surface area contributed by atoms with Gasteiger partial charge in [-0.2, -0.15) is 8.78 Å². The zero-order chi connectivity index (χ0) is 16.6. The minimum atomic E-state index is -3.03. The van der Waals surface area contributed by atoms with Crippen molar-refractivity contribution in [3.05, 3.63) is 36.4 Å². The van der Waals surface area contributed by atoms with Gasteiger partial charge in [-0.25, -0.2) is 0 Å². The van der Waals surface area contributed by atoms with Gasteiger partial charge >= 0.3 is 12.6 Å². The smallest absolute Gasteiger partial charge is 0.387 e. The monoisotopic (exact) mass is 325 g/mol. The topological polar surface area (TPSA) is 84.9 Å². The summed E-state index contributed by atoms with van der Waals surface area (Å²) in [5, 5.41) is 11.7. The number of hydrogen-bond acceptors (Lipinski definition) is 4. The average Bonchev–Trinajstić information content (AvgIpc) is 3.09. The molecule has 0 aliphatic carbocycles. The Bertz CT molecular complexity index is 663. The number of anilines is 1. The molecule has 0 unspecified atom stereocenters. The number of ether oxygens (including phenoxy) is 2. The summed E-state index contributed by atoms with van der Waals surface area (Å²) in [6.07, 6.45) is 1.96. The highest BCUT2D eigenvalue weighted by Gasteiger charge is 2.53. The molecule has 1 aromatic carbocycles. The lowest BCUT2D eigenvalue weighted by atomic mass is 9.82. The van der Waals surface area contributed by atoms with Crippen LogP contribution in [0, 0.1) is 11.8 Å². The van der Waals surface area contributed by atoms with Crippen molar-refractivity contribution < 1.29 is 33.0 Å². The summed E-state index contributed by atoms with van der Waals surface area (Å²) >= 11 is 0. The molecule has 23 heavy (non-hydrogen) atoms. The van der Waals surface area contributed by atoms with Gasteiger partial charge in [-0.1, -0.05) is 24.3 Å². The minimum Gasteiger partial charge on any atom is -0.481 e. The van der Waals surface area contributed by atoms with E-state index in [0.717, 1.165) is 0 Å². The van der Waals surface area contributed by atoms with Gasteiger partial charge in [0.1, 0.15) is 11.7 Å². The van der Waals surface area contributed by atoms with E-state index in [2.05, 4.69) is 10.1 Å². The molecule has 1 fully saturated rings. The molecule has 0 saturated carbocycles. The van der Waals surface area contributed by atoms with E-state index in [0.29, 0.717) is 0 Å². The van der Waals surface area contributed by atoms with E-state index in [1.54, 1.807) is 18.2 Å². The van der Waals surface area contributed by atoms with E-state index < -0.39 is 42.5 Å². The van der Waals surface area contributed by atoms with Gasteiger partial charge < -0.3 is 19.9 Å². The van der Waals surface area contributed by atoms with Gasteiger partial charge in [-0.05, 0) is 12.1 Å². The lowest BCUT2D eigenvalue weighted by Crippen LogP contribution is -2.39. The van der Waals surface area contributed by atoms with Crippen LogP contribution in [0.2, 0.25) is 0 Å². The van der Waals surface area contributed by atoms with Crippen molar-refractivity contribution in [2.75, 3.05) is 5.32 Å². The van der Waals surface area contributed by atoms with Gasteiger partial charge in [-0.3, -0.25) is 9.59 Å². The number of rotatable bonds is 5. The van der Waals surface area contributed by atoms with Gasteiger partial charge in [-0.15, -0.1) is 0 Å². The number of halogens is 2. The van der Waals surface area contributed by atoms with Crippen LogP contribution in [0.4, 0.5) is 14.5 Å². The summed E-state index contributed by atoms with van der Waals surface area (Å²) in [5.74, 6) is -3.88. The van der Waals surface area contributed by atoms with E-state index in [9.17, 15) is 23.5 Å². The third-order valence-corrected chi connectivity index (χ3v) is 3.85. The molecule has 2 N–H and O–H groups in total. The summed E-state index contributed by atoms with van der Waals surface area (Å²) < 4.78 is 34.5. The van der Waals surface area contributed by atoms with E-state index in [-0.39, 0.29) is 11.4 Å². The molecule has 2 bridgehead atoms. The predicted molar refractivity (Wildman–Crippen MR) is 74.1 cm³/mol. The Hall–Kier alpha value is -2.48. The SMILES string of the molecule is O=C(O)[C@H]1[C@H](C(=O)Nc2ccccc2OC(F)F)[C@H]2C=C[C@H]1O2. The predicted octanol–water partition coefficient (Wildman–Crippen LogP) is 1.88. The number of benzene rings is 1. The highest BCUT2D eigenvalue weighted by atomic mass is 19.3. The highest BCUT2D eigenvalue weighted by molar-refractivity contribution is 5.97. The first kappa shape index (κ1) is 15.4. The maximum absolute atomic E-state index is 12.4. The van der Waals surface area contributed by atoms with Gasteiger partial charge in [0.15, 0.2) is 0 Å². The summed E-state index contributed by atoms with van der Waals surface area (Å²) in [7, 11) is 0. The second-order valence-corrected chi connectivity index (χ2v) is 5.20. The van der Waals surface area contributed by atoms with Crippen LogP contribution >= 0.6 is 0 Å². The molecule has 2 aliphatic rings. The van der Waals surface area contributed by atoms with Crippen molar-refractivity contribution in [1.82, 2.24) is 0 Å². The van der Waals surface area contributed by atoms with Crippen molar-refractivity contribution in [2.24, 2.45) is 11.8 Å². The summed E-state index contributed by atoms with van der Waals surface area (Å²) in [5.41, 5.74) is 0.0497. The van der Waals surface area contributed by atoms with Crippen molar-refractivity contribution >= 4 is 17.6 Å². The Labute approximate surface area is 129 Å². The Morgan fingerprint density at radius 2 is 1.83 bits per heavy atom. The van der Waals surface area contributed by atoms with Gasteiger partial charge in [0.2, 0.25) is 5.91 Å². The van der Waals surface area contributed by atoms with Crippen molar-refractivity contribution in [1.29, 1.82) is 0 Å².